The van der Waals surface area contributed by atoms with Crippen LogP contribution < -0.4 is 10.6 Å². The highest BCUT2D eigenvalue weighted by molar-refractivity contribution is 5.89. The fourth-order valence-corrected chi connectivity index (χ4v) is 1.18. The first-order valence-electron chi connectivity index (χ1n) is 5.05. The van der Waals surface area contributed by atoms with Gasteiger partial charge in [0, 0.05) is 18.8 Å². The largest absolute Gasteiger partial charge is 0.396 e. The highest BCUT2D eigenvalue weighted by Crippen LogP contribution is 2.13. The summed E-state index contributed by atoms with van der Waals surface area (Å²) < 4.78 is 12.9. The lowest BCUT2D eigenvalue weighted by Gasteiger charge is -2.07. The van der Waals surface area contributed by atoms with Gasteiger partial charge in [-0.2, -0.15) is 0 Å². The minimum absolute atomic E-state index is 0.0376. The minimum atomic E-state index is -0.362. The van der Waals surface area contributed by atoms with Crippen molar-refractivity contribution in [2.75, 3.05) is 18.5 Å². The molecule has 0 aliphatic rings. The molecule has 0 aliphatic carbocycles. The van der Waals surface area contributed by atoms with E-state index in [1.807, 2.05) is 0 Å². The Kier molecular flexibility index (Phi) is 4.72. The lowest BCUT2D eigenvalue weighted by Crippen LogP contribution is -2.29. The Balaban J connectivity index is 2.46. The fourth-order valence-electron chi connectivity index (χ4n) is 1.18. The van der Waals surface area contributed by atoms with Gasteiger partial charge >= 0.3 is 6.03 Å². The summed E-state index contributed by atoms with van der Waals surface area (Å²) in [6.07, 6.45) is 0.510. The van der Waals surface area contributed by atoms with Crippen LogP contribution in [0.2, 0.25) is 0 Å². The smallest absolute Gasteiger partial charge is 0.319 e. The second-order valence-electron chi connectivity index (χ2n) is 3.42. The summed E-state index contributed by atoms with van der Waals surface area (Å²) in [5.74, 6) is -0.300. The van der Waals surface area contributed by atoms with Crippen LogP contribution >= 0.6 is 0 Å². The summed E-state index contributed by atoms with van der Waals surface area (Å²) in [6.45, 7) is 2.07. The van der Waals surface area contributed by atoms with Crippen molar-refractivity contribution in [1.82, 2.24) is 5.32 Å². The van der Waals surface area contributed by atoms with Crippen LogP contribution in [0, 0.1) is 12.7 Å². The summed E-state index contributed by atoms with van der Waals surface area (Å²) in [5, 5.41) is 13.7. The van der Waals surface area contributed by atoms with Crippen LogP contribution in [0.5, 0.6) is 0 Å². The van der Waals surface area contributed by atoms with Gasteiger partial charge in [-0.25, -0.2) is 9.18 Å². The summed E-state index contributed by atoms with van der Waals surface area (Å²) in [5.41, 5.74) is 1.02. The molecule has 1 aromatic carbocycles. The van der Waals surface area contributed by atoms with E-state index in [0.29, 0.717) is 24.2 Å². The van der Waals surface area contributed by atoms with Crippen LogP contribution in [-0.2, 0) is 0 Å². The number of aliphatic hydroxyl groups is 1. The number of hydrogen-bond donors (Lipinski definition) is 3. The van der Waals surface area contributed by atoms with Crippen molar-refractivity contribution in [1.29, 1.82) is 0 Å². The van der Waals surface area contributed by atoms with E-state index in [1.165, 1.54) is 12.1 Å². The molecule has 0 heterocycles. The van der Waals surface area contributed by atoms with Crippen molar-refractivity contribution in [3.05, 3.63) is 29.6 Å². The van der Waals surface area contributed by atoms with E-state index >= 15 is 0 Å². The zero-order chi connectivity index (χ0) is 12.0. The Bertz CT molecular complexity index is 369. The third-order valence-corrected chi connectivity index (χ3v) is 2.04. The molecule has 0 aromatic heterocycles. The van der Waals surface area contributed by atoms with Crippen LogP contribution in [0.3, 0.4) is 0 Å². The molecule has 3 N–H and O–H groups in total. The summed E-state index contributed by atoms with van der Waals surface area (Å²) >= 11 is 0. The number of nitrogens with one attached hydrogen (secondary N) is 2. The van der Waals surface area contributed by atoms with Gasteiger partial charge in [0.2, 0.25) is 0 Å². The van der Waals surface area contributed by atoms with E-state index in [4.69, 9.17) is 5.11 Å². The molecule has 0 fully saturated rings. The zero-order valence-corrected chi connectivity index (χ0v) is 9.09. The predicted octanol–water partition coefficient (Wildman–Crippen LogP) is 1.64. The maximum Gasteiger partial charge on any atom is 0.319 e. The molecule has 0 saturated carbocycles. The standard InChI is InChI=1S/C11H15FN2O2/c1-8-7-9(3-4-10(8)12)14-11(16)13-5-2-6-15/h3-4,7,15H,2,5-6H2,1H3,(H2,13,14,16). The van der Waals surface area contributed by atoms with Crippen LogP contribution in [0.4, 0.5) is 14.9 Å². The Morgan fingerprint density at radius 1 is 1.50 bits per heavy atom. The number of halogens is 1. The number of carbonyl (C=O) groups excluding carboxylic acids is 1. The van der Waals surface area contributed by atoms with Gasteiger partial charge in [0.1, 0.15) is 5.82 Å². The third-order valence-electron chi connectivity index (χ3n) is 2.04. The fraction of sp³-hybridized carbons (Fsp3) is 0.364. The topological polar surface area (TPSA) is 61.4 Å². The molecule has 2 amide bonds. The normalized spacial score (nSPS) is 9.94. The number of hydrogen-bond acceptors (Lipinski definition) is 2. The molecule has 4 nitrogen and oxygen atoms in total. The van der Waals surface area contributed by atoms with Crippen LogP contribution in [0.25, 0.3) is 0 Å². The first-order chi connectivity index (χ1) is 7.63. The third kappa shape index (κ3) is 3.86. The predicted molar refractivity (Wildman–Crippen MR) is 59.9 cm³/mol. The van der Waals surface area contributed by atoms with Crippen molar-refractivity contribution in [2.24, 2.45) is 0 Å². The van der Waals surface area contributed by atoms with E-state index in [0.717, 1.165) is 0 Å². The molecule has 5 heteroatoms. The van der Waals surface area contributed by atoms with Gasteiger partial charge in [-0.1, -0.05) is 0 Å². The molecule has 0 unspecified atom stereocenters. The Morgan fingerprint density at radius 2 is 2.25 bits per heavy atom. The molecule has 0 aliphatic heterocycles. The zero-order valence-electron chi connectivity index (χ0n) is 9.09. The van der Waals surface area contributed by atoms with Gasteiger partial charge < -0.3 is 15.7 Å². The molecule has 0 atom stereocenters. The van der Waals surface area contributed by atoms with Crippen molar-refractivity contribution in [3.63, 3.8) is 0 Å². The Morgan fingerprint density at radius 3 is 2.88 bits per heavy atom. The van der Waals surface area contributed by atoms with Crippen LogP contribution in [-0.4, -0.2) is 24.3 Å². The number of urea groups is 1. The van der Waals surface area contributed by atoms with Crippen LogP contribution in [0.15, 0.2) is 18.2 Å². The summed E-state index contributed by atoms with van der Waals surface area (Å²) in [7, 11) is 0. The lowest BCUT2D eigenvalue weighted by atomic mass is 10.2. The average Bonchev–Trinajstić information content (AvgIpc) is 2.24. The first kappa shape index (κ1) is 12.4. The summed E-state index contributed by atoms with van der Waals surface area (Å²) in [6, 6.07) is 3.99. The van der Waals surface area contributed by atoms with Crippen molar-refractivity contribution >= 4 is 11.7 Å². The second kappa shape index (κ2) is 6.07. The van der Waals surface area contributed by atoms with Crippen molar-refractivity contribution in [2.45, 2.75) is 13.3 Å². The quantitative estimate of drug-likeness (QED) is 0.683. The maximum absolute atomic E-state index is 12.9. The van der Waals surface area contributed by atoms with Crippen molar-refractivity contribution in [3.8, 4) is 0 Å². The van der Waals surface area contributed by atoms with Gasteiger partial charge in [-0.05, 0) is 37.1 Å². The van der Waals surface area contributed by atoms with Gasteiger partial charge in [-0.15, -0.1) is 0 Å². The van der Waals surface area contributed by atoms with E-state index in [2.05, 4.69) is 10.6 Å². The van der Waals surface area contributed by atoms with Gasteiger partial charge in [0.05, 0.1) is 0 Å². The average molecular weight is 226 g/mol. The number of anilines is 1. The number of benzene rings is 1. The highest BCUT2D eigenvalue weighted by Gasteiger charge is 2.02. The molecule has 0 spiro atoms. The van der Waals surface area contributed by atoms with E-state index < -0.39 is 0 Å². The maximum atomic E-state index is 12.9. The summed E-state index contributed by atoms with van der Waals surface area (Å²) in [4.78, 5) is 11.3. The molecule has 1 aromatic rings. The molecule has 16 heavy (non-hydrogen) atoms. The molecule has 0 saturated heterocycles. The number of aliphatic hydroxyl groups excluding tert-OH is 1. The van der Waals surface area contributed by atoms with Gasteiger partial charge in [0.15, 0.2) is 0 Å². The van der Waals surface area contributed by atoms with E-state index in [-0.39, 0.29) is 18.5 Å². The highest BCUT2D eigenvalue weighted by atomic mass is 19.1. The molecular formula is C11H15FN2O2. The van der Waals surface area contributed by atoms with Crippen molar-refractivity contribution < 1.29 is 14.3 Å². The Labute approximate surface area is 93.5 Å². The lowest BCUT2D eigenvalue weighted by molar-refractivity contribution is 0.249. The number of aryl methyl sites for hydroxylation is 1. The number of rotatable bonds is 4. The van der Waals surface area contributed by atoms with Gasteiger partial charge in [-0.3, -0.25) is 0 Å². The SMILES string of the molecule is Cc1cc(NC(=O)NCCCO)ccc1F. The molecule has 0 radical (unpaired) electrons. The van der Waals surface area contributed by atoms with E-state index in [9.17, 15) is 9.18 Å². The van der Waals surface area contributed by atoms with Crippen LogP contribution in [0.1, 0.15) is 12.0 Å². The van der Waals surface area contributed by atoms with E-state index in [1.54, 1.807) is 13.0 Å². The monoisotopic (exact) mass is 226 g/mol. The second-order valence-corrected chi connectivity index (χ2v) is 3.42. The molecule has 1 rings (SSSR count). The number of amides is 2. The van der Waals surface area contributed by atoms with Gasteiger partial charge in [0.25, 0.3) is 0 Å². The first-order valence-corrected chi connectivity index (χ1v) is 5.05. The molecular weight excluding hydrogens is 211 g/mol. The number of carbonyl (C=O) groups is 1. The molecule has 88 valence electrons. The Hall–Kier alpha value is -1.62. The minimum Gasteiger partial charge on any atom is -0.396 e. The molecule has 0 bridgehead atoms.